The molecule has 3 nitrogen and oxygen atoms in total. The molecular formula is C11H13NO2. The fourth-order valence-corrected chi connectivity index (χ4v) is 0.999. The molecule has 0 unspecified atom stereocenters. The second kappa shape index (κ2) is 5.07. The maximum atomic E-state index is 8.59. The van der Waals surface area contributed by atoms with E-state index in [2.05, 4.69) is 5.16 Å². The smallest absolute Gasteiger partial charge is 0.127 e. The molecule has 0 atom stereocenters. The maximum Gasteiger partial charge on any atom is 0.127 e. The van der Waals surface area contributed by atoms with E-state index in [1.807, 2.05) is 31.2 Å². The average molecular weight is 191 g/mol. The standard InChI is InChI=1S/C11H13NO2/c1-3-7-14-11-6-4-5-10(8-11)9(2)12-13/h3-8,13H,1-2H3/b7-3+,12-9+. The summed E-state index contributed by atoms with van der Waals surface area (Å²) in [5, 5.41) is 11.7. The van der Waals surface area contributed by atoms with Crippen LogP contribution in [0.3, 0.4) is 0 Å². The zero-order valence-corrected chi connectivity index (χ0v) is 8.27. The summed E-state index contributed by atoms with van der Waals surface area (Å²) in [6, 6.07) is 7.36. The molecule has 0 aliphatic heterocycles. The van der Waals surface area contributed by atoms with E-state index >= 15 is 0 Å². The molecule has 0 saturated carbocycles. The van der Waals surface area contributed by atoms with Crippen LogP contribution in [-0.4, -0.2) is 10.9 Å². The third kappa shape index (κ3) is 2.62. The fraction of sp³-hybridized carbons (Fsp3) is 0.182. The van der Waals surface area contributed by atoms with Crippen LogP contribution in [0.5, 0.6) is 5.75 Å². The van der Waals surface area contributed by atoms with Crippen LogP contribution in [0, 0.1) is 0 Å². The zero-order valence-electron chi connectivity index (χ0n) is 8.27. The molecule has 0 aliphatic carbocycles. The summed E-state index contributed by atoms with van der Waals surface area (Å²) in [4.78, 5) is 0. The van der Waals surface area contributed by atoms with Gasteiger partial charge in [0.2, 0.25) is 0 Å². The minimum atomic E-state index is 0.566. The van der Waals surface area contributed by atoms with E-state index in [9.17, 15) is 0 Å². The van der Waals surface area contributed by atoms with Crippen LogP contribution in [0.15, 0.2) is 41.8 Å². The highest BCUT2D eigenvalue weighted by atomic mass is 16.5. The quantitative estimate of drug-likeness (QED) is 0.345. The van der Waals surface area contributed by atoms with Crippen molar-refractivity contribution in [2.45, 2.75) is 13.8 Å². The number of oxime groups is 1. The summed E-state index contributed by atoms with van der Waals surface area (Å²) >= 11 is 0. The van der Waals surface area contributed by atoms with E-state index in [0.717, 1.165) is 11.3 Å². The molecule has 1 aromatic carbocycles. The first-order chi connectivity index (χ1) is 6.77. The van der Waals surface area contributed by atoms with Crippen LogP contribution in [0.4, 0.5) is 0 Å². The minimum Gasteiger partial charge on any atom is -0.465 e. The summed E-state index contributed by atoms with van der Waals surface area (Å²) in [6.07, 6.45) is 3.41. The molecule has 74 valence electrons. The largest absolute Gasteiger partial charge is 0.465 e. The monoisotopic (exact) mass is 191 g/mol. The predicted octanol–water partition coefficient (Wildman–Crippen LogP) is 2.80. The summed E-state index contributed by atoms with van der Waals surface area (Å²) < 4.78 is 5.27. The van der Waals surface area contributed by atoms with E-state index in [4.69, 9.17) is 9.94 Å². The van der Waals surface area contributed by atoms with Crippen molar-refractivity contribution in [3.8, 4) is 5.75 Å². The number of hydrogen-bond donors (Lipinski definition) is 1. The highest BCUT2D eigenvalue weighted by Gasteiger charge is 1.98. The number of allylic oxidation sites excluding steroid dienone is 1. The lowest BCUT2D eigenvalue weighted by Crippen LogP contribution is -1.94. The van der Waals surface area contributed by atoms with Crippen molar-refractivity contribution in [3.05, 3.63) is 42.2 Å². The van der Waals surface area contributed by atoms with Crippen LogP contribution in [0.1, 0.15) is 19.4 Å². The first-order valence-electron chi connectivity index (χ1n) is 4.35. The third-order valence-electron chi connectivity index (χ3n) is 1.74. The van der Waals surface area contributed by atoms with E-state index in [1.165, 1.54) is 0 Å². The SMILES string of the molecule is C/C=C/Oc1cccc(/C(C)=N/O)c1. The summed E-state index contributed by atoms with van der Waals surface area (Å²) in [5.74, 6) is 0.726. The molecule has 0 fully saturated rings. The minimum absolute atomic E-state index is 0.566. The van der Waals surface area contributed by atoms with Crippen LogP contribution < -0.4 is 4.74 Å². The van der Waals surface area contributed by atoms with Crippen molar-refractivity contribution < 1.29 is 9.94 Å². The third-order valence-corrected chi connectivity index (χ3v) is 1.74. The molecule has 0 spiro atoms. The van der Waals surface area contributed by atoms with Crippen molar-refractivity contribution >= 4 is 5.71 Å². The van der Waals surface area contributed by atoms with Crippen LogP contribution >= 0.6 is 0 Å². The zero-order chi connectivity index (χ0) is 10.4. The molecule has 0 heterocycles. The number of rotatable bonds is 3. The van der Waals surface area contributed by atoms with Gasteiger partial charge in [0, 0.05) is 5.56 Å². The van der Waals surface area contributed by atoms with E-state index < -0.39 is 0 Å². The number of hydrogen-bond acceptors (Lipinski definition) is 3. The van der Waals surface area contributed by atoms with Crippen molar-refractivity contribution in [1.82, 2.24) is 0 Å². The summed E-state index contributed by atoms with van der Waals surface area (Å²) in [5.41, 5.74) is 1.41. The van der Waals surface area contributed by atoms with Gasteiger partial charge in [-0.3, -0.25) is 0 Å². The van der Waals surface area contributed by atoms with Gasteiger partial charge in [0.25, 0.3) is 0 Å². The lowest BCUT2D eigenvalue weighted by atomic mass is 10.1. The normalized spacial score (nSPS) is 12.0. The van der Waals surface area contributed by atoms with Crippen molar-refractivity contribution in [3.63, 3.8) is 0 Å². The Bertz CT molecular complexity index is 356. The Labute approximate surface area is 83.3 Å². The first-order valence-corrected chi connectivity index (χ1v) is 4.35. The van der Waals surface area contributed by atoms with E-state index in [0.29, 0.717) is 5.71 Å². The van der Waals surface area contributed by atoms with Crippen LogP contribution in [-0.2, 0) is 0 Å². The van der Waals surface area contributed by atoms with Crippen LogP contribution in [0.25, 0.3) is 0 Å². The molecule has 14 heavy (non-hydrogen) atoms. The van der Waals surface area contributed by atoms with Gasteiger partial charge >= 0.3 is 0 Å². The van der Waals surface area contributed by atoms with Gasteiger partial charge in [0.15, 0.2) is 0 Å². The molecule has 0 bridgehead atoms. The second-order valence-corrected chi connectivity index (χ2v) is 2.80. The Morgan fingerprint density at radius 1 is 1.50 bits per heavy atom. The Balaban J connectivity index is 2.89. The number of nitrogens with zero attached hydrogens (tertiary/aromatic N) is 1. The molecule has 1 N–H and O–H groups in total. The van der Waals surface area contributed by atoms with Gasteiger partial charge in [-0.15, -0.1) is 0 Å². The van der Waals surface area contributed by atoms with Gasteiger partial charge in [0.05, 0.1) is 12.0 Å². The molecule has 0 aromatic heterocycles. The highest BCUT2D eigenvalue weighted by Crippen LogP contribution is 2.14. The summed E-state index contributed by atoms with van der Waals surface area (Å²) in [6.45, 7) is 3.61. The van der Waals surface area contributed by atoms with E-state index in [-0.39, 0.29) is 0 Å². The van der Waals surface area contributed by atoms with Crippen molar-refractivity contribution in [2.24, 2.45) is 5.16 Å². The van der Waals surface area contributed by atoms with Gasteiger partial charge in [-0.05, 0) is 26.0 Å². The van der Waals surface area contributed by atoms with Gasteiger partial charge in [-0.2, -0.15) is 0 Å². The lowest BCUT2D eigenvalue weighted by molar-refractivity contribution is 0.319. The van der Waals surface area contributed by atoms with Gasteiger partial charge in [-0.1, -0.05) is 23.4 Å². The molecular weight excluding hydrogens is 178 g/mol. The number of ether oxygens (including phenoxy) is 1. The van der Waals surface area contributed by atoms with Crippen molar-refractivity contribution in [1.29, 1.82) is 0 Å². The topological polar surface area (TPSA) is 41.8 Å². The van der Waals surface area contributed by atoms with Crippen LogP contribution in [0.2, 0.25) is 0 Å². The van der Waals surface area contributed by atoms with Gasteiger partial charge in [-0.25, -0.2) is 0 Å². The Morgan fingerprint density at radius 2 is 2.29 bits per heavy atom. The Morgan fingerprint density at radius 3 is 2.93 bits per heavy atom. The Kier molecular flexibility index (Phi) is 3.73. The van der Waals surface area contributed by atoms with Crippen molar-refractivity contribution in [2.75, 3.05) is 0 Å². The Hall–Kier alpha value is -1.77. The van der Waals surface area contributed by atoms with E-state index in [1.54, 1.807) is 19.3 Å². The maximum absolute atomic E-state index is 8.59. The first kappa shape index (κ1) is 10.3. The fourth-order valence-electron chi connectivity index (χ4n) is 0.999. The molecule has 0 saturated heterocycles. The molecule has 1 aromatic rings. The molecule has 0 radical (unpaired) electrons. The van der Waals surface area contributed by atoms with Gasteiger partial charge < -0.3 is 9.94 Å². The molecule has 0 amide bonds. The molecule has 0 aliphatic rings. The predicted molar refractivity (Wildman–Crippen MR) is 55.9 cm³/mol. The second-order valence-electron chi connectivity index (χ2n) is 2.80. The number of benzene rings is 1. The molecule has 3 heteroatoms. The summed E-state index contributed by atoms with van der Waals surface area (Å²) in [7, 11) is 0. The average Bonchev–Trinajstić information content (AvgIpc) is 2.25. The highest BCUT2D eigenvalue weighted by molar-refractivity contribution is 5.98. The van der Waals surface area contributed by atoms with Gasteiger partial charge in [0.1, 0.15) is 5.75 Å². The molecule has 1 rings (SSSR count). The lowest BCUT2D eigenvalue weighted by Gasteiger charge is -2.02.